The first-order valence-electron chi connectivity index (χ1n) is 20.1. The van der Waals surface area contributed by atoms with Crippen molar-refractivity contribution in [1.29, 1.82) is 0 Å². The van der Waals surface area contributed by atoms with Crippen molar-refractivity contribution in [3.8, 4) is 0 Å². The molecule has 0 radical (unpaired) electrons. The molecule has 1 aromatic carbocycles. The number of carboxylic acids is 3. The molecule has 1 aromatic rings. The van der Waals surface area contributed by atoms with E-state index in [9.17, 15) is 44.1 Å². The third-order valence-electron chi connectivity index (χ3n) is 9.82. The molecule has 0 bridgehead atoms. The number of aliphatic carboxylic acids is 3. The molecule has 1 unspecified atom stereocenters. The van der Waals surface area contributed by atoms with E-state index < -0.39 is 35.5 Å². The molecule has 0 spiro atoms. The molecule has 2 rings (SSSR count). The zero-order chi connectivity index (χ0) is 42.2. The van der Waals surface area contributed by atoms with E-state index in [1.807, 2.05) is 32.6 Å². The Morgan fingerprint density at radius 1 is 0.684 bits per heavy atom. The topological polar surface area (TPSA) is 221 Å². The maximum Gasteiger partial charge on any atom is 0.317 e. The summed E-state index contributed by atoms with van der Waals surface area (Å²) in [5.74, 6) is -3.91. The molecule has 1 atom stereocenters. The number of carboxylic acid groups (broad SMARTS) is 3. The molecule has 1 heterocycles. The van der Waals surface area contributed by atoms with Gasteiger partial charge in [-0.2, -0.15) is 0 Å². The summed E-state index contributed by atoms with van der Waals surface area (Å²) < 4.78 is 5.75. The third kappa shape index (κ3) is 23.0. The van der Waals surface area contributed by atoms with E-state index >= 15 is 0 Å². The van der Waals surface area contributed by atoms with Gasteiger partial charge in [0.05, 0.1) is 31.8 Å². The zero-order valence-electron chi connectivity index (χ0n) is 34.4. The molecule has 0 saturated carbocycles. The number of unbranched alkanes of at least 4 members (excludes halogenated alkanes) is 1. The van der Waals surface area contributed by atoms with E-state index in [-0.39, 0.29) is 90.4 Å². The minimum atomic E-state index is -1.04. The first-order valence-corrected chi connectivity index (χ1v) is 20.1. The Morgan fingerprint density at radius 3 is 1.65 bits per heavy atom. The number of ether oxygens (including phenoxy) is 1. The van der Waals surface area contributed by atoms with Crippen LogP contribution in [0.4, 0.5) is 0 Å². The number of benzene rings is 1. The molecule has 0 aliphatic carbocycles. The maximum atomic E-state index is 13.6. The van der Waals surface area contributed by atoms with Crippen LogP contribution in [0, 0.1) is 6.92 Å². The van der Waals surface area contributed by atoms with Gasteiger partial charge in [0.15, 0.2) is 0 Å². The smallest absolute Gasteiger partial charge is 0.317 e. The summed E-state index contributed by atoms with van der Waals surface area (Å²) in [5.41, 5.74) is 1.94. The van der Waals surface area contributed by atoms with Crippen LogP contribution < -0.4 is 16.0 Å². The number of nitrogens with one attached hydrogen (secondary N) is 3. The number of amides is 3. The van der Waals surface area contributed by atoms with Crippen LogP contribution in [-0.4, -0.2) is 180 Å². The molecule has 1 aliphatic heterocycles. The van der Waals surface area contributed by atoms with Crippen LogP contribution >= 0.6 is 0 Å². The summed E-state index contributed by atoms with van der Waals surface area (Å²) in [4.78, 5) is 81.1. The lowest BCUT2D eigenvalue weighted by atomic mass is 10.0. The second-order valence-corrected chi connectivity index (χ2v) is 15.3. The predicted molar refractivity (Wildman–Crippen MR) is 215 cm³/mol. The van der Waals surface area contributed by atoms with E-state index in [2.05, 4.69) is 40.2 Å². The lowest BCUT2D eigenvalue weighted by molar-refractivity contribution is -0.140. The Balaban J connectivity index is 2.06. The van der Waals surface area contributed by atoms with E-state index in [0.29, 0.717) is 51.8 Å². The van der Waals surface area contributed by atoms with Crippen molar-refractivity contribution in [2.45, 2.75) is 84.3 Å². The summed E-state index contributed by atoms with van der Waals surface area (Å²) in [6.45, 7) is 10.3. The molecule has 57 heavy (non-hydrogen) atoms. The number of hydrogen-bond donors (Lipinski definition) is 6. The Labute approximate surface area is 337 Å². The van der Waals surface area contributed by atoms with Gasteiger partial charge in [-0.3, -0.25) is 48.4 Å². The number of carbonyl (C=O) groups is 6. The van der Waals surface area contributed by atoms with Crippen LogP contribution in [0.15, 0.2) is 24.3 Å². The minimum Gasteiger partial charge on any atom is -0.480 e. The summed E-state index contributed by atoms with van der Waals surface area (Å²) in [5, 5.41) is 37.2. The van der Waals surface area contributed by atoms with Crippen LogP contribution in [0.25, 0.3) is 0 Å². The summed E-state index contributed by atoms with van der Waals surface area (Å²) in [6.07, 6.45) is 4.03. The molecule has 17 nitrogen and oxygen atoms in total. The molecule has 1 fully saturated rings. The zero-order valence-corrected chi connectivity index (χ0v) is 34.4. The fraction of sp³-hybridized carbons (Fsp3) is 0.700. The van der Waals surface area contributed by atoms with Gasteiger partial charge < -0.3 is 36.0 Å². The number of nitrogens with zero attached hydrogens (tertiary/aromatic N) is 4. The molecule has 1 aliphatic rings. The van der Waals surface area contributed by atoms with E-state index in [4.69, 9.17) is 4.74 Å². The quantitative estimate of drug-likeness (QED) is 0.0800. The first kappa shape index (κ1) is 49.0. The maximum absolute atomic E-state index is 13.6. The average Bonchev–Trinajstić information content (AvgIpc) is 3.12. The largest absolute Gasteiger partial charge is 0.480 e. The van der Waals surface area contributed by atoms with Gasteiger partial charge in [-0.05, 0) is 71.8 Å². The number of rotatable bonds is 24. The van der Waals surface area contributed by atoms with Gasteiger partial charge in [-0.15, -0.1) is 0 Å². The van der Waals surface area contributed by atoms with Crippen molar-refractivity contribution >= 4 is 35.6 Å². The van der Waals surface area contributed by atoms with Crippen molar-refractivity contribution in [3.63, 3.8) is 0 Å². The highest BCUT2D eigenvalue weighted by Gasteiger charge is 2.25. The van der Waals surface area contributed by atoms with Gasteiger partial charge in [-0.25, -0.2) is 0 Å². The molecule has 3 amide bonds. The summed E-state index contributed by atoms with van der Waals surface area (Å²) in [6, 6.07) is 7.41. The average molecular weight is 806 g/mol. The second-order valence-electron chi connectivity index (χ2n) is 15.3. The number of aryl methyl sites for hydroxylation is 2. The Morgan fingerprint density at radius 2 is 1.18 bits per heavy atom. The van der Waals surface area contributed by atoms with Crippen molar-refractivity contribution in [3.05, 3.63) is 35.4 Å². The highest BCUT2D eigenvalue weighted by molar-refractivity contribution is 5.88. The number of hydrogen-bond acceptors (Lipinski definition) is 11. The van der Waals surface area contributed by atoms with Crippen LogP contribution in [0.3, 0.4) is 0 Å². The van der Waals surface area contributed by atoms with Gasteiger partial charge in [0, 0.05) is 78.5 Å². The third-order valence-corrected chi connectivity index (χ3v) is 9.82. The fourth-order valence-electron chi connectivity index (χ4n) is 6.57. The van der Waals surface area contributed by atoms with Gasteiger partial charge in [0.2, 0.25) is 17.7 Å². The van der Waals surface area contributed by atoms with Crippen molar-refractivity contribution in [2.75, 3.05) is 98.2 Å². The van der Waals surface area contributed by atoms with Crippen LogP contribution in [0.2, 0.25) is 0 Å². The Bertz CT molecular complexity index is 1380. The highest BCUT2D eigenvalue weighted by Crippen LogP contribution is 2.13. The van der Waals surface area contributed by atoms with Gasteiger partial charge in [-0.1, -0.05) is 29.8 Å². The minimum absolute atomic E-state index is 0.0332. The van der Waals surface area contributed by atoms with Crippen molar-refractivity contribution in [1.82, 2.24) is 35.6 Å². The van der Waals surface area contributed by atoms with Crippen molar-refractivity contribution < 1.29 is 48.8 Å². The van der Waals surface area contributed by atoms with E-state index in [0.717, 1.165) is 12.8 Å². The summed E-state index contributed by atoms with van der Waals surface area (Å²) in [7, 11) is 0. The molecular weight excluding hydrogens is 738 g/mol. The molecule has 1 saturated heterocycles. The lowest BCUT2D eigenvalue weighted by Gasteiger charge is -2.33. The van der Waals surface area contributed by atoms with Crippen molar-refractivity contribution in [2.24, 2.45) is 0 Å². The fourth-order valence-corrected chi connectivity index (χ4v) is 6.57. The Hall–Kier alpha value is -4.16. The van der Waals surface area contributed by atoms with Gasteiger partial charge >= 0.3 is 17.9 Å². The molecule has 0 aromatic heterocycles. The normalized spacial score (nSPS) is 16.1. The highest BCUT2D eigenvalue weighted by atomic mass is 16.5. The van der Waals surface area contributed by atoms with Gasteiger partial charge in [0.25, 0.3) is 0 Å². The molecular formula is C40H67N7O10. The first-order chi connectivity index (χ1) is 27.0. The standard InChI is InChI=1S/C40H67N7O10/c1-5-57-40(3,4)16-18-42-39(56)33(10-6-7-17-41-34(48)11-8-9-32-14-12-31(2)13-15-32)43-35(49)27-44-19-21-45(28-36(50)51)23-25-47(30-38(54)55)26-24-46(22-20-44)29-37(52)53/h12-15,33H,5-11,16-30H2,1-4H3,(H,41,48)(H,42,56)(H,43,49)(H,50,51)(H,52,53)(H,54,55). The Kier molecular flexibility index (Phi) is 22.9. The van der Waals surface area contributed by atoms with E-state index in [1.165, 1.54) is 11.1 Å². The predicted octanol–water partition coefficient (Wildman–Crippen LogP) is 0.886. The van der Waals surface area contributed by atoms with E-state index in [1.54, 1.807) is 14.7 Å². The monoisotopic (exact) mass is 805 g/mol. The molecule has 322 valence electrons. The molecule has 6 N–H and O–H groups in total. The van der Waals surface area contributed by atoms with Crippen LogP contribution in [0.5, 0.6) is 0 Å². The molecule has 17 heteroatoms. The van der Waals surface area contributed by atoms with Crippen LogP contribution in [0.1, 0.15) is 70.4 Å². The van der Waals surface area contributed by atoms with Crippen LogP contribution in [-0.2, 0) is 39.9 Å². The number of carbonyl (C=O) groups excluding carboxylic acids is 3. The SMILES string of the molecule is CCOC(C)(C)CCNC(=O)C(CCCCNC(=O)CCCc1ccc(C)cc1)NC(=O)CN1CCN(CC(=O)O)CCN(CC(=O)O)CCN(CC(=O)O)CC1. The lowest BCUT2D eigenvalue weighted by Crippen LogP contribution is -2.52. The summed E-state index contributed by atoms with van der Waals surface area (Å²) >= 11 is 0. The second kappa shape index (κ2) is 26.7. The van der Waals surface area contributed by atoms with Gasteiger partial charge in [0.1, 0.15) is 6.04 Å².